The molecule has 1 unspecified atom stereocenters. The van der Waals surface area contributed by atoms with Gasteiger partial charge in [0.2, 0.25) is 0 Å². The fourth-order valence-corrected chi connectivity index (χ4v) is 1.65. The van der Waals surface area contributed by atoms with E-state index in [2.05, 4.69) is 25.5 Å². The van der Waals surface area contributed by atoms with Crippen LogP contribution in [0.2, 0.25) is 5.15 Å². The van der Waals surface area contributed by atoms with Gasteiger partial charge in [-0.2, -0.15) is 5.10 Å². The van der Waals surface area contributed by atoms with Crippen molar-refractivity contribution in [2.75, 3.05) is 0 Å². The maximum Gasteiger partial charge on any atom is 0.288 e. The molecule has 2 aromatic rings. The average Bonchev–Trinajstić information content (AvgIpc) is 2.92. The van der Waals surface area contributed by atoms with Crippen LogP contribution < -0.4 is 5.32 Å². The number of halogens is 1. The Bertz CT molecular complexity index is 644. The number of H-pyrrole nitrogens is 1. The van der Waals surface area contributed by atoms with E-state index in [1.807, 2.05) is 0 Å². The number of nitrogens with one attached hydrogen (secondary N) is 2. The fourth-order valence-electron chi connectivity index (χ4n) is 1.46. The third-order valence-electron chi connectivity index (χ3n) is 2.47. The second-order valence-electron chi connectivity index (χ2n) is 3.85. The van der Waals surface area contributed by atoms with E-state index < -0.39 is 16.9 Å². The molecule has 20 heavy (non-hydrogen) atoms. The average molecular weight is 297 g/mol. The molecule has 0 aromatic carbocycles. The van der Waals surface area contributed by atoms with Crippen molar-refractivity contribution in [3.05, 3.63) is 45.2 Å². The SMILES string of the molecule is CC(NC(=O)c1cc([N+](=O)[O-])cnc1Cl)c1ncn[nH]1. The van der Waals surface area contributed by atoms with Crippen LogP contribution in [0, 0.1) is 10.1 Å². The van der Waals surface area contributed by atoms with E-state index in [9.17, 15) is 14.9 Å². The van der Waals surface area contributed by atoms with Crippen molar-refractivity contribution >= 4 is 23.2 Å². The Kier molecular flexibility index (Phi) is 3.89. The maximum absolute atomic E-state index is 12.0. The maximum atomic E-state index is 12.0. The van der Waals surface area contributed by atoms with Crippen LogP contribution in [0.3, 0.4) is 0 Å². The van der Waals surface area contributed by atoms with Crippen molar-refractivity contribution in [1.82, 2.24) is 25.5 Å². The van der Waals surface area contributed by atoms with Crippen LogP contribution in [0.5, 0.6) is 0 Å². The predicted molar refractivity (Wildman–Crippen MR) is 68.2 cm³/mol. The molecule has 10 heteroatoms. The van der Waals surface area contributed by atoms with E-state index in [-0.39, 0.29) is 16.4 Å². The Hall–Kier alpha value is -2.55. The van der Waals surface area contributed by atoms with E-state index in [1.54, 1.807) is 6.92 Å². The first-order valence-corrected chi connectivity index (χ1v) is 5.83. The van der Waals surface area contributed by atoms with Crippen molar-refractivity contribution < 1.29 is 9.72 Å². The molecule has 2 N–H and O–H groups in total. The number of carbonyl (C=O) groups is 1. The van der Waals surface area contributed by atoms with Gasteiger partial charge in [0, 0.05) is 6.07 Å². The second-order valence-corrected chi connectivity index (χ2v) is 4.21. The van der Waals surface area contributed by atoms with Crippen molar-refractivity contribution in [2.45, 2.75) is 13.0 Å². The van der Waals surface area contributed by atoms with Gasteiger partial charge in [0.15, 0.2) is 0 Å². The molecule has 9 nitrogen and oxygen atoms in total. The van der Waals surface area contributed by atoms with Gasteiger partial charge >= 0.3 is 0 Å². The predicted octanol–water partition coefficient (Wildman–Crippen LogP) is 1.25. The van der Waals surface area contributed by atoms with Crippen LogP contribution in [-0.2, 0) is 0 Å². The van der Waals surface area contributed by atoms with Crippen LogP contribution in [-0.4, -0.2) is 31.0 Å². The summed E-state index contributed by atoms with van der Waals surface area (Å²) in [6, 6.07) is 0.609. The zero-order chi connectivity index (χ0) is 14.7. The van der Waals surface area contributed by atoms with Crippen LogP contribution in [0.1, 0.15) is 29.1 Å². The zero-order valence-electron chi connectivity index (χ0n) is 10.2. The van der Waals surface area contributed by atoms with Gasteiger partial charge in [0.1, 0.15) is 23.5 Å². The molecule has 1 amide bonds. The Morgan fingerprint density at radius 3 is 2.90 bits per heavy atom. The zero-order valence-corrected chi connectivity index (χ0v) is 11.0. The molecule has 2 heterocycles. The molecule has 0 radical (unpaired) electrons. The van der Waals surface area contributed by atoms with Crippen molar-refractivity contribution in [3.63, 3.8) is 0 Å². The number of aromatic amines is 1. The standard InChI is InChI=1S/C10H9ClN6O3/c1-5(9-13-4-14-16-9)15-10(18)7-2-6(17(19)20)3-12-8(7)11/h2-5H,1H3,(H,15,18)(H,13,14,16). The van der Waals surface area contributed by atoms with Gasteiger partial charge in [-0.25, -0.2) is 9.97 Å². The summed E-state index contributed by atoms with van der Waals surface area (Å²) in [7, 11) is 0. The van der Waals surface area contributed by atoms with Crippen molar-refractivity contribution in [1.29, 1.82) is 0 Å². The minimum absolute atomic E-state index is 0.0766. The van der Waals surface area contributed by atoms with E-state index in [4.69, 9.17) is 11.6 Å². The minimum atomic E-state index is -0.653. The summed E-state index contributed by atoms with van der Waals surface area (Å²) in [5.74, 6) is -0.136. The molecule has 0 aliphatic carbocycles. The molecule has 2 aromatic heterocycles. The fraction of sp³-hybridized carbons (Fsp3) is 0.200. The molecule has 0 saturated heterocycles. The summed E-state index contributed by atoms with van der Waals surface area (Å²) >= 11 is 5.77. The second kappa shape index (κ2) is 5.61. The number of carbonyl (C=O) groups excluding carboxylic acids is 1. The van der Waals surface area contributed by atoms with E-state index >= 15 is 0 Å². The number of rotatable bonds is 4. The van der Waals surface area contributed by atoms with Gasteiger partial charge in [0.25, 0.3) is 11.6 Å². The van der Waals surface area contributed by atoms with Crippen LogP contribution >= 0.6 is 11.6 Å². The minimum Gasteiger partial charge on any atom is -0.342 e. The Labute approximate surface area is 117 Å². The van der Waals surface area contributed by atoms with Gasteiger partial charge in [-0.3, -0.25) is 20.0 Å². The molecule has 0 bridgehead atoms. The summed E-state index contributed by atoms with van der Waals surface area (Å²) < 4.78 is 0. The summed E-state index contributed by atoms with van der Waals surface area (Å²) in [4.78, 5) is 29.5. The number of hydrogen-bond acceptors (Lipinski definition) is 6. The van der Waals surface area contributed by atoms with Crippen molar-refractivity contribution in [2.24, 2.45) is 0 Å². The number of amides is 1. The third-order valence-corrected chi connectivity index (χ3v) is 2.77. The topological polar surface area (TPSA) is 127 Å². The first kappa shape index (κ1) is 13.9. The number of nitro groups is 1. The highest BCUT2D eigenvalue weighted by Crippen LogP contribution is 2.19. The first-order chi connectivity index (χ1) is 9.49. The lowest BCUT2D eigenvalue weighted by Gasteiger charge is -2.11. The monoisotopic (exact) mass is 296 g/mol. The van der Waals surface area contributed by atoms with Gasteiger partial charge in [-0.1, -0.05) is 11.6 Å². The van der Waals surface area contributed by atoms with Gasteiger partial charge < -0.3 is 5.32 Å². The summed E-state index contributed by atoms with van der Waals surface area (Å²) in [5, 5.41) is 19.4. The molecule has 0 aliphatic rings. The normalized spacial score (nSPS) is 11.9. The van der Waals surface area contributed by atoms with Crippen LogP contribution in [0.25, 0.3) is 0 Å². The summed E-state index contributed by atoms with van der Waals surface area (Å²) in [6.45, 7) is 1.68. The highest BCUT2D eigenvalue weighted by Gasteiger charge is 2.19. The molecule has 1 atom stereocenters. The largest absolute Gasteiger partial charge is 0.342 e. The van der Waals surface area contributed by atoms with Crippen LogP contribution in [0.4, 0.5) is 5.69 Å². The van der Waals surface area contributed by atoms with Gasteiger partial charge in [0.05, 0.1) is 16.5 Å². The summed E-state index contributed by atoms with van der Waals surface area (Å²) in [5.41, 5.74) is -0.390. The lowest BCUT2D eigenvalue weighted by molar-refractivity contribution is -0.385. The van der Waals surface area contributed by atoms with Crippen molar-refractivity contribution in [3.8, 4) is 0 Å². The van der Waals surface area contributed by atoms with E-state index in [1.165, 1.54) is 6.33 Å². The van der Waals surface area contributed by atoms with E-state index in [0.717, 1.165) is 12.3 Å². The summed E-state index contributed by atoms with van der Waals surface area (Å²) in [6.07, 6.45) is 2.29. The number of hydrogen-bond donors (Lipinski definition) is 2. The third kappa shape index (κ3) is 2.88. The molecular weight excluding hydrogens is 288 g/mol. The molecule has 0 aliphatic heterocycles. The quantitative estimate of drug-likeness (QED) is 0.496. The Morgan fingerprint density at radius 2 is 2.30 bits per heavy atom. The smallest absolute Gasteiger partial charge is 0.288 e. The van der Waals surface area contributed by atoms with Gasteiger partial charge in [-0.15, -0.1) is 0 Å². The highest BCUT2D eigenvalue weighted by atomic mass is 35.5. The number of nitrogens with zero attached hydrogens (tertiary/aromatic N) is 4. The van der Waals surface area contributed by atoms with E-state index in [0.29, 0.717) is 5.82 Å². The molecule has 0 spiro atoms. The lowest BCUT2D eigenvalue weighted by Crippen LogP contribution is -2.27. The Morgan fingerprint density at radius 1 is 1.55 bits per heavy atom. The number of aromatic nitrogens is 4. The lowest BCUT2D eigenvalue weighted by atomic mass is 10.2. The molecule has 2 rings (SSSR count). The molecular formula is C10H9ClN6O3. The first-order valence-electron chi connectivity index (χ1n) is 5.45. The molecule has 104 valence electrons. The van der Waals surface area contributed by atoms with Crippen LogP contribution in [0.15, 0.2) is 18.6 Å². The number of pyridine rings is 1. The van der Waals surface area contributed by atoms with Gasteiger partial charge in [-0.05, 0) is 6.92 Å². The Balaban J connectivity index is 2.20. The molecule has 0 saturated carbocycles. The molecule has 0 fully saturated rings. The highest BCUT2D eigenvalue weighted by molar-refractivity contribution is 6.32.